The quantitative estimate of drug-likeness (QED) is 0.874. The molecule has 110 valence electrons. The van der Waals surface area contributed by atoms with Crippen molar-refractivity contribution < 1.29 is 4.74 Å². The van der Waals surface area contributed by atoms with Gasteiger partial charge in [0.15, 0.2) is 0 Å². The molecule has 0 radical (unpaired) electrons. The zero-order valence-corrected chi connectivity index (χ0v) is 12.2. The Labute approximate surface area is 119 Å². The topological polar surface area (TPSA) is 66.4 Å². The van der Waals surface area contributed by atoms with E-state index in [0.29, 0.717) is 5.95 Å². The van der Waals surface area contributed by atoms with E-state index < -0.39 is 0 Å². The maximum absolute atomic E-state index is 5.58. The maximum Gasteiger partial charge on any atom is 0.232 e. The molecule has 2 aliphatic heterocycles. The Morgan fingerprint density at radius 3 is 2.40 bits per heavy atom. The summed E-state index contributed by atoms with van der Waals surface area (Å²) < 4.78 is 5.58. The van der Waals surface area contributed by atoms with Crippen LogP contribution in [-0.4, -0.2) is 60.9 Å². The van der Waals surface area contributed by atoms with Gasteiger partial charge < -0.3 is 19.9 Å². The van der Waals surface area contributed by atoms with Crippen LogP contribution in [0.15, 0.2) is 0 Å². The molecule has 0 aliphatic carbocycles. The molecule has 1 unspecified atom stereocenters. The van der Waals surface area contributed by atoms with Crippen molar-refractivity contribution in [1.29, 1.82) is 0 Å². The molecule has 2 saturated heterocycles. The van der Waals surface area contributed by atoms with Gasteiger partial charge in [-0.15, -0.1) is 0 Å². The highest BCUT2D eigenvalue weighted by atomic mass is 16.5. The van der Waals surface area contributed by atoms with Gasteiger partial charge in [0.25, 0.3) is 0 Å². The van der Waals surface area contributed by atoms with Crippen molar-refractivity contribution in [3.63, 3.8) is 0 Å². The number of rotatable bonds is 3. The van der Waals surface area contributed by atoms with Gasteiger partial charge in [-0.3, -0.25) is 0 Å². The van der Waals surface area contributed by atoms with Gasteiger partial charge in [0.1, 0.15) is 0 Å². The Bertz CT molecular complexity index is 462. The summed E-state index contributed by atoms with van der Waals surface area (Å²) in [6.45, 7) is 6.52. The lowest BCUT2D eigenvalue weighted by Crippen LogP contribution is -2.42. The zero-order valence-electron chi connectivity index (χ0n) is 12.2. The second-order valence-corrected chi connectivity index (χ2v) is 5.33. The molecule has 0 bridgehead atoms. The highest BCUT2D eigenvalue weighted by Gasteiger charge is 2.22. The van der Waals surface area contributed by atoms with E-state index in [1.807, 2.05) is 7.05 Å². The van der Waals surface area contributed by atoms with E-state index in [-0.39, 0.29) is 6.10 Å². The van der Waals surface area contributed by atoms with Gasteiger partial charge in [-0.1, -0.05) is 0 Å². The van der Waals surface area contributed by atoms with Crippen LogP contribution < -0.4 is 15.1 Å². The maximum atomic E-state index is 5.58. The van der Waals surface area contributed by atoms with Gasteiger partial charge >= 0.3 is 0 Å². The van der Waals surface area contributed by atoms with Gasteiger partial charge in [-0.05, 0) is 19.8 Å². The lowest BCUT2D eigenvalue weighted by Gasteiger charge is -2.31. The van der Waals surface area contributed by atoms with E-state index in [1.54, 1.807) is 0 Å². The largest absolute Gasteiger partial charge is 0.375 e. The van der Waals surface area contributed by atoms with Gasteiger partial charge in [-0.2, -0.15) is 15.0 Å². The molecular formula is C13H22N6O. The molecule has 3 heterocycles. The number of aromatic nitrogens is 3. The monoisotopic (exact) mass is 278 g/mol. The van der Waals surface area contributed by atoms with Crippen LogP contribution in [0.4, 0.5) is 17.8 Å². The molecule has 20 heavy (non-hydrogen) atoms. The molecule has 0 saturated carbocycles. The van der Waals surface area contributed by atoms with Crippen molar-refractivity contribution in [2.24, 2.45) is 0 Å². The van der Waals surface area contributed by atoms with Crippen molar-refractivity contribution in [3.8, 4) is 0 Å². The van der Waals surface area contributed by atoms with Crippen LogP contribution >= 0.6 is 0 Å². The second kappa shape index (κ2) is 5.78. The summed E-state index contributed by atoms with van der Waals surface area (Å²) in [5, 5.41) is 3.03. The minimum absolute atomic E-state index is 0.216. The van der Waals surface area contributed by atoms with Crippen LogP contribution in [-0.2, 0) is 4.74 Å². The first-order valence-electron chi connectivity index (χ1n) is 7.31. The highest BCUT2D eigenvalue weighted by Crippen LogP contribution is 2.21. The third kappa shape index (κ3) is 2.77. The lowest BCUT2D eigenvalue weighted by molar-refractivity contribution is 0.0526. The fourth-order valence-corrected chi connectivity index (χ4v) is 2.67. The normalized spacial score (nSPS) is 23.2. The van der Waals surface area contributed by atoms with Gasteiger partial charge in [0.2, 0.25) is 17.8 Å². The van der Waals surface area contributed by atoms with E-state index in [4.69, 9.17) is 4.74 Å². The molecule has 1 aromatic heterocycles. The summed E-state index contributed by atoms with van der Waals surface area (Å²) in [7, 11) is 1.84. The number of ether oxygens (including phenoxy) is 1. The first-order valence-corrected chi connectivity index (χ1v) is 7.31. The molecule has 7 heteroatoms. The van der Waals surface area contributed by atoms with Gasteiger partial charge in [0.05, 0.1) is 12.7 Å². The van der Waals surface area contributed by atoms with E-state index in [2.05, 4.69) is 37.0 Å². The predicted molar refractivity (Wildman–Crippen MR) is 78.4 cm³/mol. The molecule has 1 N–H and O–H groups in total. The zero-order chi connectivity index (χ0) is 13.9. The fourth-order valence-electron chi connectivity index (χ4n) is 2.67. The molecular weight excluding hydrogens is 256 g/mol. The summed E-state index contributed by atoms with van der Waals surface area (Å²) in [6.07, 6.45) is 2.64. The van der Waals surface area contributed by atoms with Crippen LogP contribution in [0.1, 0.15) is 19.8 Å². The molecule has 1 aromatic rings. The Hall–Kier alpha value is -1.63. The Balaban J connectivity index is 1.87. The second-order valence-electron chi connectivity index (χ2n) is 5.33. The van der Waals surface area contributed by atoms with Gasteiger partial charge in [0, 0.05) is 33.2 Å². The summed E-state index contributed by atoms with van der Waals surface area (Å²) in [5.74, 6) is 2.17. The van der Waals surface area contributed by atoms with Crippen molar-refractivity contribution in [1.82, 2.24) is 15.0 Å². The van der Waals surface area contributed by atoms with Crippen LogP contribution in [0.25, 0.3) is 0 Å². The van der Waals surface area contributed by atoms with Crippen LogP contribution in [0.5, 0.6) is 0 Å². The Morgan fingerprint density at radius 1 is 1.05 bits per heavy atom. The number of hydrogen-bond donors (Lipinski definition) is 1. The minimum atomic E-state index is 0.216. The minimum Gasteiger partial charge on any atom is -0.375 e. The van der Waals surface area contributed by atoms with Gasteiger partial charge in [-0.25, -0.2) is 0 Å². The average molecular weight is 278 g/mol. The number of anilines is 3. The summed E-state index contributed by atoms with van der Waals surface area (Å²) >= 11 is 0. The van der Waals surface area contributed by atoms with E-state index in [1.165, 1.54) is 12.8 Å². The Morgan fingerprint density at radius 2 is 1.75 bits per heavy atom. The molecule has 2 fully saturated rings. The van der Waals surface area contributed by atoms with E-state index in [9.17, 15) is 0 Å². The van der Waals surface area contributed by atoms with E-state index >= 15 is 0 Å². The van der Waals surface area contributed by atoms with Crippen molar-refractivity contribution in [2.75, 3.05) is 55.0 Å². The fraction of sp³-hybridized carbons (Fsp3) is 0.769. The Kier molecular flexibility index (Phi) is 3.86. The van der Waals surface area contributed by atoms with Crippen LogP contribution in [0, 0.1) is 0 Å². The third-order valence-electron chi connectivity index (χ3n) is 3.75. The summed E-state index contributed by atoms with van der Waals surface area (Å²) in [5.41, 5.74) is 0. The van der Waals surface area contributed by atoms with E-state index in [0.717, 1.165) is 44.7 Å². The SMILES string of the molecule is CNc1nc(N2CCCC2)nc(N2CCOC(C)C2)n1. The molecule has 1 atom stereocenters. The molecule has 7 nitrogen and oxygen atoms in total. The predicted octanol–water partition coefficient (Wildman–Crippen LogP) is 0.739. The molecule has 3 rings (SSSR count). The van der Waals surface area contributed by atoms with Crippen LogP contribution in [0.2, 0.25) is 0 Å². The highest BCUT2D eigenvalue weighted by molar-refractivity contribution is 5.45. The first-order chi connectivity index (χ1) is 9.76. The van der Waals surface area contributed by atoms with Crippen molar-refractivity contribution in [3.05, 3.63) is 0 Å². The average Bonchev–Trinajstić information content (AvgIpc) is 3.01. The number of nitrogens with one attached hydrogen (secondary N) is 1. The molecule has 0 amide bonds. The number of nitrogens with zero attached hydrogens (tertiary/aromatic N) is 5. The molecule has 0 spiro atoms. The molecule has 2 aliphatic rings. The number of morpholine rings is 1. The third-order valence-corrected chi connectivity index (χ3v) is 3.75. The summed E-state index contributed by atoms with van der Waals surface area (Å²) in [6, 6.07) is 0. The van der Waals surface area contributed by atoms with Crippen molar-refractivity contribution >= 4 is 17.8 Å². The number of hydrogen-bond acceptors (Lipinski definition) is 7. The first kappa shape index (κ1) is 13.4. The smallest absolute Gasteiger partial charge is 0.232 e. The van der Waals surface area contributed by atoms with Crippen LogP contribution in [0.3, 0.4) is 0 Å². The summed E-state index contributed by atoms with van der Waals surface area (Å²) in [4.78, 5) is 18.0. The standard InChI is InChI=1S/C13H22N6O/c1-10-9-19(7-8-20-10)13-16-11(14-2)15-12(17-13)18-5-3-4-6-18/h10H,3-9H2,1-2H3,(H,14,15,16,17). The van der Waals surface area contributed by atoms with Crippen molar-refractivity contribution in [2.45, 2.75) is 25.9 Å². The molecule has 0 aromatic carbocycles. The lowest BCUT2D eigenvalue weighted by atomic mass is 10.3.